The molecular formula is C21H25FN2O4S. The van der Waals surface area contributed by atoms with Crippen LogP contribution >= 0.6 is 0 Å². The molecule has 0 spiro atoms. The van der Waals surface area contributed by atoms with Crippen LogP contribution in [0.3, 0.4) is 0 Å². The molecule has 1 fully saturated rings. The number of hydrogen-bond acceptors (Lipinski definition) is 4. The zero-order valence-corrected chi connectivity index (χ0v) is 17.3. The summed E-state index contributed by atoms with van der Waals surface area (Å²) in [4.78, 5) is 12.4. The zero-order valence-electron chi connectivity index (χ0n) is 16.5. The minimum absolute atomic E-state index is 0.154. The number of hydrogen-bond donors (Lipinski definition) is 1. The van der Waals surface area contributed by atoms with Gasteiger partial charge in [0.05, 0.1) is 17.1 Å². The highest BCUT2D eigenvalue weighted by Crippen LogP contribution is 2.21. The molecule has 0 aliphatic carbocycles. The number of nitrogens with one attached hydrogen (secondary N) is 1. The van der Waals surface area contributed by atoms with Gasteiger partial charge in [0.25, 0.3) is 5.91 Å². The summed E-state index contributed by atoms with van der Waals surface area (Å²) in [6, 6.07) is 12.0. The molecule has 1 heterocycles. The maximum Gasteiger partial charge on any atom is 0.251 e. The largest absolute Gasteiger partial charge is 0.373 e. The molecule has 8 heteroatoms. The average molecular weight is 421 g/mol. The quantitative estimate of drug-likeness (QED) is 0.780. The van der Waals surface area contributed by atoms with Crippen molar-refractivity contribution >= 4 is 15.9 Å². The fourth-order valence-corrected chi connectivity index (χ4v) is 4.92. The standard InChI is InChI=1S/C21H25FN2O4S/c1-15-13-24(14-16(2)28-15)29(26,27)20-9-5-18(6-10-20)21(25)23-12-11-17-3-7-19(22)8-4-17/h3-10,15-16H,11-14H2,1-2H3,(H,23,25)/t15-,16-/m0/s1. The van der Waals surface area contributed by atoms with Crippen molar-refractivity contribution in [2.24, 2.45) is 0 Å². The molecule has 0 unspecified atom stereocenters. The van der Waals surface area contributed by atoms with Crippen LogP contribution in [0.1, 0.15) is 29.8 Å². The maximum absolute atomic E-state index is 12.9. The Hall–Kier alpha value is -2.29. The van der Waals surface area contributed by atoms with Gasteiger partial charge in [-0.15, -0.1) is 0 Å². The third kappa shape index (κ3) is 5.41. The zero-order chi connectivity index (χ0) is 21.0. The van der Waals surface area contributed by atoms with Crippen molar-refractivity contribution in [1.82, 2.24) is 9.62 Å². The number of halogens is 1. The van der Waals surface area contributed by atoms with Crippen LogP contribution in [-0.4, -0.2) is 50.5 Å². The van der Waals surface area contributed by atoms with Crippen molar-refractivity contribution in [3.05, 3.63) is 65.5 Å². The van der Waals surface area contributed by atoms with E-state index in [4.69, 9.17) is 4.74 Å². The lowest BCUT2D eigenvalue weighted by Crippen LogP contribution is -2.48. The molecule has 2 aromatic carbocycles. The molecule has 2 aromatic rings. The number of rotatable bonds is 6. The molecule has 2 atom stereocenters. The van der Waals surface area contributed by atoms with E-state index < -0.39 is 10.0 Å². The van der Waals surface area contributed by atoms with E-state index in [9.17, 15) is 17.6 Å². The highest BCUT2D eigenvalue weighted by molar-refractivity contribution is 7.89. The predicted octanol–water partition coefficient (Wildman–Crippen LogP) is 2.60. The lowest BCUT2D eigenvalue weighted by Gasteiger charge is -2.34. The lowest BCUT2D eigenvalue weighted by atomic mass is 10.1. The SMILES string of the molecule is C[C@H]1CN(S(=O)(=O)c2ccc(C(=O)NCCc3ccc(F)cc3)cc2)C[C@H](C)O1. The van der Waals surface area contributed by atoms with Gasteiger partial charge in [0.1, 0.15) is 5.82 Å². The highest BCUT2D eigenvalue weighted by Gasteiger charge is 2.32. The van der Waals surface area contributed by atoms with Crippen molar-refractivity contribution in [3.8, 4) is 0 Å². The average Bonchev–Trinajstić information content (AvgIpc) is 2.69. The summed E-state index contributed by atoms with van der Waals surface area (Å²) in [5, 5.41) is 2.79. The van der Waals surface area contributed by atoms with Crippen LogP contribution in [0, 0.1) is 5.82 Å². The first kappa shape index (κ1) is 21.4. The van der Waals surface area contributed by atoms with Gasteiger partial charge in [0, 0.05) is 25.2 Å². The molecule has 3 rings (SSSR count). The Morgan fingerprint density at radius 1 is 1.07 bits per heavy atom. The Bertz CT molecular complexity index is 936. The second-order valence-corrected chi connectivity index (χ2v) is 9.17. The second kappa shape index (κ2) is 9.02. The molecule has 0 bridgehead atoms. The smallest absolute Gasteiger partial charge is 0.251 e. The third-order valence-corrected chi connectivity index (χ3v) is 6.60. The van der Waals surface area contributed by atoms with Gasteiger partial charge in [-0.25, -0.2) is 12.8 Å². The van der Waals surface area contributed by atoms with Crippen LogP contribution in [0.4, 0.5) is 4.39 Å². The maximum atomic E-state index is 12.9. The van der Waals surface area contributed by atoms with Crippen LogP contribution in [0.15, 0.2) is 53.4 Å². The van der Waals surface area contributed by atoms with Gasteiger partial charge in [0.2, 0.25) is 10.0 Å². The lowest BCUT2D eigenvalue weighted by molar-refractivity contribution is -0.0440. The van der Waals surface area contributed by atoms with Crippen molar-refractivity contribution in [2.75, 3.05) is 19.6 Å². The first-order chi connectivity index (χ1) is 13.8. The number of sulfonamides is 1. The van der Waals surface area contributed by atoms with Crippen molar-refractivity contribution < 1.29 is 22.3 Å². The van der Waals surface area contributed by atoms with E-state index >= 15 is 0 Å². The summed E-state index contributed by atoms with van der Waals surface area (Å²) in [5.74, 6) is -0.585. The van der Waals surface area contributed by atoms with E-state index in [1.807, 2.05) is 13.8 Å². The van der Waals surface area contributed by atoms with Crippen LogP contribution in [0.5, 0.6) is 0 Å². The molecule has 156 valence electrons. The number of ether oxygens (including phenoxy) is 1. The van der Waals surface area contributed by atoms with Crippen LogP contribution in [0.2, 0.25) is 0 Å². The molecule has 1 N–H and O–H groups in total. The summed E-state index contributed by atoms with van der Waals surface area (Å²) in [7, 11) is -3.64. The third-order valence-electron chi connectivity index (χ3n) is 4.75. The first-order valence-corrected chi connectivity index (χ1v) is 11.0. The number of nitrogens with zero attached hydrogens (tertiary/aromatic N) is 1. The number of amides is 1. The van der Waals surface area contributed by atoms with Crippen LogP contribution in [0.25, 0.3) is 0 Å². The monoisotopic (exact) mass is 420 g/mol. The topological polar surface area (TPSA) is 75.7 Å². The van der Waals surface area contributed by atoms with Gasteiger partial charge < -0.3 is 10.1 Å². The Morgan fingerprint density at radius 2 is 1.66 bits per heavy atom. The number of benzene rings is 2. The molecule has 1 aliphatic heterocycles. The van der Waals surface area contributed by atoms with Gasteiger partial charge in [0.15, 0.2) is 0 Å². The number of carbonyl (C=O) groups is 1. The molecule has 1 amide bonds. The van der Waals surface area contributed by atoms with Gasteiger partial charge in [-0.05, 0) is 62.2 Å². The van der Waals surface area contributed by atoms with E-state index in [1.54, 1.807) is 12.1 Å². The molecule has 29 heavy (non-hydrogen) atoms. The van der Waals surface area contributed by atoms with Crippen molar-refractivity contribution in [2.45, 2.75) is 37.4 Å². The van der Waals surface area contributed by atoms with Gasteiger partial charge in [-0.1, -0.05) is 12.1 Å². The van der Waals surface area contributed by atoms with E-state index in [0.29, 0.717) is 31.6 Å². The van der Waals surface area contributed by atoms with Gasteiger partial charge in [-0.3, -0.25) is 4.79 Å². The summed E-state index contributed by atoms with van der Waals surface area (Å²) < 4.78 is 45.6. The Labute approximate surface area is 170 Å². The first-order valence-electron chi connectivity index (χ1n) is 9.54. The highest BCUT2D eigenvalue weighted by atomic mass is 32.2. The van der Waals surface area contributed by atoms with E-state index in [-0.39, 0.29) is 28.8 Å². The normalized spacial score (nSPS) is 20.4. The number of morpholine rings is 1. The van der Waals surface area contributed by atoms with E-state index in [0.717, 1.165) is 5.56 Å². The number of carbonyl (C=O) groups excluding carboxylic acids is 1. The molecule has 1 saturated heterocycles. The van der Waals surface area contributed by atoms with Gasteiger partial charge >= 0.3 is 0 Å². The summed E-state index contributed by atoms with van der Waals surface area (Å²) in [6.45, 7) is 4.69. The summed E-state index contributed by atoms with van der Waals surface area (Å²) >= 11 is 0. The Kier molecular flexibility index (Phi) is 6.66. The van der Waals surface area contributed by atoms with Crippen molar-refractivity contribution in [3.63, 3.8) is 0 Å². The second-order valence-electron chi connectivity index (χ2n) is 7.24. The predicted molar refractivity (Wildman–Crippen MR) is 108 cm³/mol. The summed E-state index contributed by atoms with van der Waals surface area (Å²) in [5.41, 5.74) is 1.30. The Morgan fingerprint density at radius 3 is 2.24 bits per heavy atom. The van der Waals surface area contributed by atoms with Crippen molar-refractivity contribution in [1.29, 1.82) is 0 Å². The minimum atomic E-state index is -3.64. The molecule has 6 nitrogen and oxygen atoms in total. The van der Waals surface area contributed by atoms with E-state index in [2.05, 4.69) is 5.32 Å². The molecule has 0 saturated carbocycles. The molecule has 1 aliphatic rings. The molecular weight excluding hydrogens is 395 g/mol. The fourth-order valence-electron chi connectivity index (χ4n) is 3.33. The van der Waals surface area contributed by atoms with Crippen LogP contribution < -0.4 is 5.32 Å². The summed E-state index contributed by atoms with van der Waals surface area (Å²) in [6.07, 6.45) is 0.241. The molecule has 0 aromatic heterocycles. The van der Waals surface area contributed by atoms with Crippen LogP contribution in [-0.2, 0) is 21.2 Å². The van der Waals surface area contributed by atoms with E-state index in [1.165, 1.54) is 40.7 Å². The minimum Gasteiger partial charge on any atom is -0.373 e. The Balaban J connectivity index is 1.60. The van der Waals surface area contributed by atoms with Gasteiger partial charge in [-0.2, -0.15) is 4.31 Å². The molecule has 0 radical (unpaired) electrons. The fraction of sp³-hybridized carbons (Fsp3) is 0.381.